The molecule has 2 aromatic rings. The van der Waals surface area contributed by atoms with E-state index in [9.17, 15) is 23.1 Å². The van der Waals surface area contributed by atoms with Crippen LogP contribution in [0.5, 0.6) is 0 Å². The van der Waals surface area contributed by atoms with E-state index in [1.54, 1.807) is 6.07 Å². The molecule has 3 rings (SSSR count). The van der Waals surface area contributed by atoms with Gasteiger partial charge in [-0.3, -0.25) is 4.79 Å². The number of benzene rings is 1. The number of para-hydroxylation sites is 1. The fraction of sp³-hybridized carbons (Fsp3) is 0.500. The lowest BCUT2D eigenvalue weighted by atomic mass is 9.78. The number of hydrogen-bond acceptors (Lipinski definition) is 3. The Bertz CT molecular complexity index is 878. The van der Waals surface area contributed by atoms with E-state index in [4.69, 9.17) is 0 Å². The molecule has 1 aromatic heterocycles. The lowest BCUT2D eigenvalue weighted by Gasteiger charge is -2.35. The predicted molar refractivity (Wildman–Crippen MR) is 99.3 cm³/mol. The number of halogens is 3. The van der Waals surface area contributed by atoms with Gasteiger partial charge in [0.05, 0.1) is 29.0 Å². The van der Waals surface area contributed by atoms with Crippen molar-refractivity contribution in [3.8, 4) is 5.69 Å². The van der Waals surface area contributed by atoms with Crippen LogP contribution in [0.4, 0.5) is 19.0 Å². The van der Waals surface area contributed by atoms with Gasteiger partial charge in [-0.2, -0.15) is 18.3 Å². The Kier molecular flexibility index (Phi) is 5.04. The first kappa shape index (κ1) is 20.4. The van der Waals surface area contributed by atoms with Crippen LogP contribution < -0.4 is 5.32 Å². The average molecular weight is 395 g/mol. The van der Waals surface area contributed by atoms with Crippen molar-refractivity contribution in [1.29, 1.82) is 0 Å². The summed E-state index contributed by atoms with van der Waals surface area (Å²) in [6.07, 6.45) is -2.71. The third kappa shape index (κ3) is 4.22. The maximum absolute atomic E-state index is 13.5. The van der Waals surface area contributed by atoms with Gasteiger partial charge in [0.1, 0.15) is 5.82 Å². The highest BCUT2D eigenvalue weighted by molar-refractivity contribution is 5.91. The Morgan fingerprint density at radius 2 is 1.89 bits per heavy atom. The topological polar surface area (TPSA) is 67.2 Å². The molecule has 1 aliphatic rings. The molecule has 0 radical (unpaired) electrons. The maximum atomic E-state index is 13.5. The van der Waals surface area contributed by atoms with Crippen LogP contribution in [0.15, 0.2) is 30.3 Å². The number of alkyl halides is 3. The first-order valence-electron chi connectivity index (χ1n) is 9.18. The minimum Gasteiger partial charge on any atom is -0.389 e. The molecule has 1 aromatic carbocycles. The van der Waals surface area contributed by atoms with Gasteiger partial charge in [-0.05, 0) is 31.4 Å². The number of anilines is 1. The zero-order chi connectivity index (χ0) is 20.7. The summed E-state index contributed by atoms with van der Waals surface area (Å²) in [6, 6.07) is 6.68. The fourth-order valence-electron chi connectivity index (χ4n) is 3.17. The maximum Gasteiger partial charge on any atom is 0.418 e. The van der Waals surface area contributed by atoms with Gasteiger partial charge in [0.15, 0.2) is 0 Å². The molecule has 5 nitrogen and oxygen atoms in total. The van der Waals surface area contributed by atoms with Crippen LogP contribution in [-0.4, -0.2) is 26.4 Å². The number of carbonyl (C=O) groups excluding carboxylic acids is 1. The zero-order valence-electron chi connectivity index (χ0n) is 16.1. The Balaban J connectivity index is 2.01. The van der Waals surface area contributed by atoms with Crippen molar-refractivity contribution in [2.45, 2.75) is 63.6 Å². The second-order valence-electron chi connectivity index (χ2n) is 8.39. The Morgan fingerprint density at radius 3 is 2.43 bits per heavy atom. The summed E-state index contributed by atoms with van der Waals surface area (Å²) in [6.45, 7) is 5.66. The Labute approximate surface area is 161 Å². The highest BCUT2D eigenvalue weighted by Gasteiger charge is 2.37. The Hall–Kier alpha value is -2.35. The fourth-order valence-corrected chi connectivity index (χ4v) is 3.17. The number of hydrogen-bond donors (Lipinski definition) is 2. The molecule has 152 valence electrons. The minimum atomic E-state index is -4.56. The Morgan fingerprint density at radius 1 is 1.25 bits per heavy atom. The molecule has 1 aliphatic carbocycles. The van der Waals surface area contributed by atoms with Crippen molar-refractivity contribution in [2.24, 2.45) is 0 Å². The van der Waals surface area contributed by atoms with Crippen LogP contribution in [0.3, 0.4) is 0 Å². The monoisotopic (exact) mass is 395 g/mol. The van der Waals surface area contributed by atoms with Gasteiger partial charge in [0.25, 0.3) is 0 Å². The standard InChI is InChI=1S/C20H24F3N3O2/c1-18(2,3)15-11-16(24-17(27)12-19(28)9-6-10-19)26(25-15)14-8-5-4-7-13(14)20(21,22)23/h4-5,7-8,11,28H,6,9-10,12H2,1-3H3,(H,24,27). The van der Waals surface area contributed by atoms with Gasteiger partial charge in [0.2, 0.25) is 5.91 Å². The van der Waals surface area contributed by atoms with Crippen LogP contribution in [0.1, 0.15) is 57.7 Å². The van der Waals surface area contributed by atoms with E-state index in [2.05, 4.69) is 10.4 Å². The van der Waals surface area contributed by atoms with Gasteiger partial charge in [-0.1, -0.05) is 32.9 Å². The van der Waals surface area contributed by atoms with Crippen LogP contribution in [-0.2, 0) is 16.4 Å². The average Bonchev–Trinajstić information content (AvgIpc) is 2.96. The van der Waals surface area contributed by atoms with Crippen molar-refractivity contribution >= 4 is 11.7 Å². The highest BCUT2D eigenvalue weighted by Crippen LogP contribution is 2.37. The molecule has 0 unspecified atom stereocenters. The molecule has 2 N–H and O–H groups in total. The van der Waals surface area contributed by atoms with Crippen molar-refractivity contribution in [1.82, 2.24) is 9.78 Å². The smallest absolute Gasteiger partial charge is 0.389 e. The number of rotatable bonds is 4. The highest BCUT2D eigenvalue weighted by atomic mass is 19.4. The molecule has 0 saturated heterocycles. The third-order valence-corrected chi connectivity index (χ3v) is 4.96. The molecule has 0 spiro atoms. The number of aliphatic hydroxyl groups is 1. The number of carbonyl (C=O) groups is 1. The minimum absolute atomic E-state index is 0.0933. The van der Waals surface area contributed by atoms with E-state index >= 15 is 0 Å². The van der Waals surface area contributed by atoms with Gasteiger partial charge in [-0.15, -0.1) is 0 Å². The molecule has 0 aliphatic heterocycles. The SMILES string of the molecule is CC(C)(C)c1cc(NC(=O)CC2(O)CCC2)n(-c2ccccc2C(F)(F)F)n1. The second kappa shape index (κ2) is 6.92. The summed E-state index contributed by atoms with van der Waals surface area (Å²) in [5.74, 6) is -0.303. The van der Waals surface area contributed by atoms with E-state index < -0.39 is 28.7 Å². The molecule has 0 bridgehead atoms. The summed E-state index contributed by atoms with van der Waals surface area (Å²) in [5.41, 5.74) is -1.91. The van der Waals surface area contributed by atoms with Gasteiger partial charge < -0.3 is 10.4 Å². The quantitative estimate of drug-likeness (QED) is 0.805. The molecule has 1 fully saturated rings. The number of amides is 1. The first-order chi connectivity index (χ1) is 12.9. The van der Waals surface area contributed by atoms with Gasteiger partial charge in [-0.25, -0.2) is 4.68 Å². The van der Waals surface area contributed by atoms with Gasteiger partial charge >= 0.3 is 6.18 Å². The molecule has 28 heavy (non-hydrogen) atoms. The van der Waals surface area contributed by atoms with Crippen LogP contribution >= 0.6 is 0 Å². The third-order valence-electron chi connectivity index (χ3n) is 4.96. The van der Waals surface area contributed by atoms with E-state index in [1.807, 2.05) is 20.8 Å². The van der Waals surface area contributed by atoms with Gasteiger partial charge in [0, 0.05) is 11.5 Å². The molecule has 1 heterocycles. The largest absolute Gasteiger partial charge is 0.418 e. The predicted octanol–water partition coefficient (Wildman–Crippen LogP) is 4.43. The summed E-state index contributed by atoms with van der Waals surface area (Å²) < 4.78 is 41.6. The molecule has 1 saturated carbocycles. The van der Waals surface area contributed by atoms with Crippen molar-refractivity contribution < 1.29 is 23.1 Å². The first-order valence-corrected chi connectivity index (χ1v) is 9.18. The van der Waals surface area contributed by atoms with E-state index in [1.165, 1.54) is 18.2 Å². The van der Waals surface area contributed by atoms with Crippen molar-refractivity contribution in [3.05, 3.63) is 41.6 Å². The van der Waals surface area contributed by atoms with Crippen LogP contribution in [0.25, 0.3) is 5.69 Å². The lowest BCUT2D eigenvalue weighted by molar-refractivity contribution is -0.137. The van der Waals surface area contributed by atoms with Crippen LogP contribution in [0.2, 0.25) is 0 Å². The van der Waals surface area contributed by atoms with Crippen molar-refractivity contribution in [3.63, 3.8) is 0 Å². The molecule has 1 amide bonds. The van der Waals surface area contributed by atoms with E-state index in [-0.39, 0.29) is 17.9 Å². The summed E-state index contributed by atoms with van der Waals surface area (Å²) >= 11 is 0. The van der Waals surface area contributed by atoms with Crippen molar-refractivity contribution in [2.75, 3.05) is 5.32 Å². The number of nitrogens with zero attached hydrogens (tertiary/aromatic N) is 2. The molecule has 0 atom stereocenters. The van der Waals surface area contributed by atoms with E-state index in [0.717, 1.165) is 17.2 Å². The normalized spacial score (nSPS) is 16.5. The summed E-state index contributed by atoms with van der Waals surface area (Å²) in [4.78, 5) is 12.4. The lowest BCUT2D eigenvalue weighted by Crippen LogP contribution is -2.40. The second-order valence-corrected chi connectivity index (χ2v) is 8.39. The molecular formula is C20H24F3N3O2. The van der Waals surface area contributed by atoms with E-state index in [0.29, 0.717) is 18.5 Å². The van der Waals surface area contributed by atoms with Crippen LogP contribution in [0, 0.1) is 0 Å². The summed E-state index contributed by atoms with van der Waals surface area (Å²) in [7, 11) is 0. The molecular weight excluding hydrogens is 371 g/mol. The number of nitrogens with one attached hydrogen (secondary N) is 1. The number of aromatic nitrogens is 2. The zero-order valence-corrected chi connectivity index (χ0v) is 16.1. The summed E-state index contributed by atoms with van der Waals surface area (Å²) in [5, 5.41) is 17.2. The molecule has 8 heteroatoms.